The number of hydrogen-bond acceptors (Lipinski definition) is 4. The summed E-state index contributed by atoms with van der Waals surface area (Å²) in [5.41, 5.74) is 1.06. The first-order valence-electron chi connectivity index (χ1n) is 20.4. The van der Waals surface area contributed by atoms with Crippen molar-refractivity contribution in [3.8, 4) is 0 Å². The third-order valence-corrected chi connectivity index (χ3v) is 19.7. The molecule has 0 radical (unpaired) electrons. The maximum atomic E-state index is 11.7. The number of rotatable bonds is 3. The maximum absolute atomic E-state index is 11.7. The minimum absolute atomic E-state index is 0.0940. The van der Waals surface area contributed by atoms with Gasteiger partial charge in [-0.2, -0.15) is 0 Å². The number of aliphatic hydroxyl groups excluding tert-OH is 4. The smallest absolute Gasteiger partial charge is 0.0546 e. The maximum Gasteiger partial charge on any atom is 0.0546 e. The summed E-state index contributed by atoms with van der Waals surface area (Å²) >= 11 is 0. The van der Waals surface area contributed by atoms with Gasteiger partial charge < -0.3 is 20.4 Å². The highest BCUT2D eigenvalue weighted by atomic mass is 16.3. The molecule has 8 aliphatic carbocycles. The topological polar surface area (TPSA) is 80.9 Å². The van der Waals surface area contributed by atoms with Crippen molar-refractivity contribution in [3.05, 3.63) is 0 Å². The lowest BCUT2D eigenvalue weighted by atomic mass is 9.31. The fourth-order valence-corrected chi connectivity index (χ4v) is 17.9. The Morgan fingerprint density at radius 1 is 0.543 bits per heavy atom. The average molecular weight is 639 g/mol. The van der Waals surface area contributed by atoms with Crippen LogP contribution in [-0.2, 0) is 0 Å². The molecule has 0 aromatic heterocycles. The SMILES string of the molecule is CC(O)[C@H]1CC[C@H]2[C@@H]3CCC4CC(O)CC(C56CC[C@H]7[C@@H]8CC[C@H](C(C)O)[C@@]8(C)CC[C@@H]7[C@@]5(C)CCC(O)C6)[C@]4(C)[C@H]3CC[C@]12C. The fraction of sp³-hybridized carbons (Fsp3) is 1.00. The second-order valence-electron chi connectivity index (χ2n) is 20.5. The summed E-state index contributed by atoms with van der Waals surface area (Å²) in [5, 5.41) is 45.1. The zero-order valence-electron chi connectivity index (χ0n) is 30.4. The van der Waals surface area contributed by atoms with Gasteiger partial charge in [0.05, 0.1) is 24.4 Å². The highest BCUT2D eigenvalue weighted by Gasteiger charge is 2.72. The van der Waals surface area contributed by atoms with Gasteiger partial charge >= 0.3 is 0 Å². The lowest BCUT2D eigenvalue weighted by Crippen LogP contribution is -2.68. The van der Waals surface area contributed by atoms with Crippen molar-refractivity contribution in [1.82, 2.24) is 0 Å². The van der Waals surface area contributed by atoms with Crippen LogP contribution in [0.15, 0.2) is 0 Å². The Hall–Kier alpha value is -0.160. The Labute approximate surface area is 281 Å². The van der Waals surface area contributed by atoms with Crippen LogP contribution in [0, 0.1) is 86.3 Å². The molecule has 0 amide bonds. The zero-order valence-corrected chi connectivity index (χ0v) is 30.4. The molecule has 46 heavy (non-hydrogen) atoms. The molecule has 7 unspecified atom stereocenters. The highest BCUT2D eigenvalue weighted by molar-refractivity contribution is 5.20. The van der Waals surface area contributed by atoms with E-state index in [2.05, 4.69) is 34.6 Å². The van der Waals surface area contributed by atoms with Crippen molar-refractivity contribution in [2.24, 2.45) is 86.3 Å². The van der Waals surface area contributed by atoms with E-state index in [1.165, 1.54) is 77.0 Å². The molecule has 4 heteroatoms. The summed E-state index contributed by atoms with van der Waals surface area (Å²) < 4.78 is 0. The molecule has 4 N–H and O–H groups in total. The van der Waals surface area contributed by atoms with Crippen LogP contribution in [-0.4, -0.2) is 44.8 Å². The predicted octanol–water partition coefficient (Wildman–Crippen LogP) is 8.38. The molecule has 4 nitrogen and oxygen atoms in total. The van der Waals surface area contributed by atoms with Crippen molar-refractivity contribution in [2.45, 2.75) is 175 Å². The highest BCUT2D eigenvalue weighted by Crippen LogP contribution is 2.78. The van der Waals surface area contributed by atoms with Crippen molar-refractivity contribution in [3.63, 3.8) is 0 Å². The normalized spacial score (nSPS) is 60.9. The van der Waals surface area contributed by atoms with Crippen molar-refractivity contribution in [1.29, 1.82) is 0 Å². The third-order valence-electron chi connectivity index (χ3n) is 19.7. The van der Waals surface area contributed by atoms with Crippen molar-refractivity contribution in [2.75, 3.05) is 0 Å². The molecule has 0 bridgehead atoms. The predicted molar refractivity (Wildman–Crippen MR) is 184 cm³/mol. The van der Waals surface area contributed by atoms with E-state index in [1.807, 2.05) is 6.92 Å². The first-order chi connectivity index (χ1) is 21.7. The molecule has 8 fully saturated rings. The Morgan fingerprint density at radius 3 is 1.74 bits per heavy atom. The second kappa shape index (κ2) is 10.9. The lowest BCUT2D eigenvalue weighted by Gasteiger charge is -2.73. The molecule has 262 valence electrons. The number of fused-ring (bicyclic) bond motifs is 10. The first-order valence-corrected chi connectivity index (χ1v) is 20.4. The van der Waals surface area contributed by atoms with Gasteiger partial charge in [0.15, 0.2) is 0 Å². The van der Waals surface area contributed by atoms with Crippen LogP contribution in [0.25, 0.3) is 0 Å². The summed E-state index contributed by atoms with van der Waals surface area (Å²) in [5.74, 6) is 6.32. The average Bonchev–Trinajstić information content (AvgIpc) is 3.54. The summed E-state index contributed by atoms with van der Waals surface area (Å²) in [7, 11) is 0. The van der Waals surface area contributed by atoms with E-state index in [1.54, 1.807) is 0 Å². The molecule has 0 aromatic carbocycles. The molecular weight excluding hydrogens is 568 g/mol. The first kappa shape index (κ1) is 33.0. The molecule has 0 spiro atoms. The minimum Gasteiger partial charge on any atom is -0.393 e. The van der Waals surface area contributed by atoms with Gasteiger partial charge in [-0.05, 0) is 209 Å². The van der Waals surface area contributed by atoms with Crippen LogP contribution in [0.2, 0.25) is 0 Å². The molecule has 8 rings (SSSR count). The molecule has 0 saturated heterocycles. The second-order valence-corrected chi connectivity index (χ2v) is 20.5. The Balaban J connectivity index is 1.18. The van der Waals surface area contributed by atoms with Crippen LogP contribution in [0.3, 0.4) is 0 Å². The molecular formula is C42H70O4. The van der Waals surface area contributed by atoms with Crippen LogP contribution in [0.1, 0.15) is 151 Å². The van der Waals surface area contributed by atoms with Gasteiger partial charge in [-0.3, -0.25) is 0 Å². The standard InChI is InChI=1S/C42H70O4/c1-24(43)31-10-12-34-30-14-20-42(23-27(45)13-19-40(42,5)35(30)15-17-38(31,34)3)37-22-28(46)21-26-7-8-29-33-11-9-32(25(2)44)39(33,4)18-16-36(29)41(26,37)6/h24-37,43-46H,7-23H2,1-6H3/t24?,25?,26?,27?,28?,29-,30-,31+,32+,33-,34-,35-,36-,37?,38+,39+,40+,41-,42?/m0/s1. The van der Waals surface area contributed by atoms with E-state index in [0.29, 0.717) is 35.5 Å². The Morgan fingerprint density at radius 2 is 1.13 bits per heavy atom. The van der Waals surface area contributed by atoms with Crippen LogP contribution in [0.4, 0.5) is 0 Å². The van der Waals surface area contributed by atoms with Gasteiger partial charge in [-0.15, -0.1) is 0 Å². The molecule has 0 aliphatic heterocycles. The monoisotopic (exact) mass is 639 g/mol. The van der Waals surface area contributed by atoms with Gasteiger partial charge in [-0.1, -0.05) is 27.7 Å². The van der Waals surface area contributed by atoms with Crippen LogP contribution >= 0.6 is 0 Å². The van der Waals surface area contributed by atoms with Crippen molar-refractivity contribution < 1.29 is 20.4 Å². The molecule has 19 atom stereocenters. The quantitative estimate of drug-likeness (QED) is 0.250. The van der Waals surface area contributed by atoms with Crippen LogP contribution in [0.5, 0.6) is 0 Å². The molecule has 8 saturated carbocycles. The minimum atomic E-state index is -0.207. The zero-order chi connectivity index (χ0) is 32.6. The van der Waals surface area contributed by atoms with E-state index in [0.717, 1.165) is 55.8 Å². The van der Waals surface area contributed by atoms with E-state index >= 15 is 0 Å². The lowest BCUT2D eigenvalue weighted by molar-refractivity contribution is -0.261. The van der Waals surface area contributed by atoms with Gasteiger partial charge in [0.25, 0.3) is 0 Å². The van der Waals surface area contributed by atoms with Gasteiger partial charge in [-0.25, -0.2) is 0 Å². The number of hydrogen-bond donors (Lipinski definition) is 4. The Kier molecular flexibility index (Phi) is 7.84. The summed E-state index contributed by atoms with van der Waals surface area (Å²) in [4.78, 5) is 0. The van der Waals surface area contributed by atoms with E-state index in [9.17, 15) is 20.4 Å². The fourth-order valence-electron chi connectivity index (χ4n) is 17.9. The van der Waals surface area contributed by atoms with Crippen molar-refractivity contribution >= 4 is 0 Å². The molecule has 0 aromatic rings. The van der Waals surface area contributed by atoms with E-state index < -0.39 is 0 Å². The third kappa shape index (κ3) is 4.17. The number of aliphatic hydroxyl groups is 4. The van der Waals surface area contributed by atoms with E-state index in [-0.39, 0.29) is 51.5 Å². The van der Waals surface area contributed by atoms with Gasteiger partial charge in [0.2, 0.25) is 0 Å². The Bertz CT molecular complexity index is 1170. The summed E-state index contributed by atoms with van der Waals surface area (Å²) in [6.45, 7) is 14.6. The molecule has 8 aliphatic rings. The van der Waals surface area contributed by atoms with E-state index in [4.69, 9.17) is 0 Å². The summed E-state index contributed by atoms with van der Waals surface area (Å²) in [6.07, 6.45) is 19.3. The summed E-state index contributed by atoms with van der Waals surface area (Å²) in [6, 6.07) is 0. The largest absolute Gasteiger partial charge is 0.393 e. The van der Waals surface area contributed by atoms with Gasteiger partial charge in [0, 0.05) is 0 Å². The van der Waals surface area contributed by atoms with Crippen LogP contribution < -0.4 is 0 Å². The van der Waals surface area contributed by atoms with Gasteiger partial charge in [0.1, 0.15) is 0 Å². The molecule has 0 heterocycles.